The third-order valence-corrected chi connectivity index (χ3v) is 2.72. The van der Waals surface area contributed by atoms with E-state index < -0.39 is 11.8 Å². The molecule has 5 nitrogen and oxygen atoms in total. The molecule has 0 fully saturated rings. The molecule has 0 atom stereocenters. The Morgan fingerprint density at radius 2 is 2.33 bits per heavy atom. The Labute approximate surface area is 110 Å². The monoisotopic (exact) mass is 314 g/mol. The van der Waals surface area contributed by atoms with E-state index in [0.29, 0.717) is 4.47 Å². The SMILES string of the molecule is CCOC(=O)c1noc(-c2c(F)cccc2Br)n1. The molecule has 0 aliphatic rings. The molecule has 0 N–H and O–H groups in total. The average Bonchev–Trinajstić information content (AvgIpc) is 2.78. The number of halogens is 2. The fourth-order valence-corrected chi connectivity index (χ4v) is 1.82. The van der Waals surface area contributed by atoms with Gasteiger partial charge >= 0.3 is 5.97 Å². The topological polar surface area (TPSA) is 65.2 Å². The molecule has 0 spiro atoms. The van der Waals surface area contributed by atoms with E-state index in [0.717, 1.165) is 0 Å². The highest BCUT2D eigenvalue weighted by Gasteiger charge is 2.20. The molecular weight excluding hydrogens is 307 g/mol. The standard InChI is InChI=1S/C11H8BrFN2O3/c1-2-17-11(16)9-14-10(18-15-9)8-6(12)4-3-5-7(8)13/h3-5H,2H2,1H3. The summed E-state index contributed by atoms with van der Waals surface area (Å²) >= 11 is 3.18. The molecule has 0 saturated heterocycles. The molecule has 18 heavy (non-hydrogen) atoms. The fraction of sp³-hybridized carbons (Fsp3) is 0.182. The van der Waals surface area contributed by atoms with Crippen molar-refractivity contribution in [2.24, 2.45) is 0 Å². The Bertz CT molecular complexity index is 565. The highest BCUT2D eigenvalue weighted by molar-refractivity contribution is 9.10. The molecule has 1 aromatic carbocycles. The Balaban J connectivity index is 2.38. The first-order chi connectivity index (χ1) is 8.63. The molecule has 1 aromatic heterocycles. The lowest BCUT2D eigenvalue weighted by atomic mass is 10.2. The molecule has 0 amide bonds. The molecule has 0 bridgehead atoms. The van der Waals surface area contributed by atoms with Crippen LogP contribution in [0.5, 0.6) is 0 Å². The molecule has 0 radical (unpaired) electrons. The summed E-state index contributed by atoms with van der Waals surface area (Å²) in [5.41, 5.74) is 0.112. The first kappa shape index (κ1) is 12.7. The molecule has 7 heteroatoms. The summed E-state index contributed by atoms with van der Waals surface area (Å²) < 4.78 is 23.6. The zero-order valence-electron chi connectivity index (χ0n) is 9.31. The maximum absolute atomic E-state index is 13.6. The van der Waals surface area contributed by atoms with E-state index in [9.17, 15) is 9.18 Å². The third-order valence-electron chi connectivity index (χ3n) is 2.06. The van der Waals surface area contributed by atoms with E-state index in [1.165, 1.54) is 12.1 Å². The summed E-state index contributed by atoms with van der Waals surface area (Å²) in [4.78, 5) is 15.1. The summed E-state index contributed by atoms with van der Waals surface area (Å²) in [5, 5.41) is 3.45. The van der Waals surface area contributed by atoms with Crippen molar-refractivity contribution >= 4 is 21.9 Å². The summed E-state index contributed by atoms with van der Waals surface area (Å²) in [6, 6.07) is 4.42. The van der Waals surface area contributed by atoms with E-state index in [-0.39, 0.29) is 23.9 Å². The van der Waals surface area contributed by atoms with Crippen molar-refractivity contribution in [1.29, 1.82) is 0 Å². The number of hydrogen-bond acceptors (Lipinski definition) is 5. The lowest BCUT2D eigenvalue weighted by molar-refractivity contribution is 0.0508. The second-order valence-electron chi connectivity index (χ2n) is 3.24. The van der Waals surface area contributed by atoms with Crippen LogP contribution < -0.4 is 0 Å². The zero-order valence-corrected chi connectivity index (χ0v) is 10.9. The van der Waals surface area contributed by atoms with Crippen LogP contribution in [0.25, 0.3) is 11.5 Å². The van der Waals surface area contributed by atoms with Gasteiger partial charge in [0.15, 0.2) is 0 Å². The van der Waals surface area contributed by atoms with Gasteiger partial charge in [0.05, 0.1) is 12.2 Å². The number of aromatic nitrogens is 2. The van der Waals surface area contributed by atoms with Gasteiger partial charge in [-0.05, 0) is 40.1 Å². The Morgan fingerprint density at radius 3 is 3.00 bits per heavy atom. The number of carbonyl (C=O) groups is 1. The van der Waals surface area contributed by atoms with Crippen molar-refractivity contribution in [3.63, 3.8) is 0 Å². The maximum Gasteiger partial charge on any atom is 0.379 e. The van der Waals surface area contributed by atoms with Crippen LogP contribution in [0.15, 0.2) is 27.2 Å². The molecule has 2 rings (SSSR count). The fourth-order valence-electron chi connectivity index (χ4n) is 1.31. The van der Waals surface area contributed by atoms with Crippen LogP contribution in [-0.4, -0.2) is 22.7 Å². The lowest BCUT2D eigenvalue weighted by Gasteiger charge is -1.99. The van der Waals surface area contributed by atoms with Crippen molar-refractivity contribution in [2.45, 2.75) is 6.92 Å². The van der Waals surface area contributed by atoms with Gasteiger partial charge < -0.3 is 9.26 Å². The molecule has 0 unspecified atom stereocenters. The van der Waals surface area contributed by atoms with Crippen LogP contribution in [0, 0.1) is 5.82 Å². The Morgan fingerprint density at radius 1 is 1.56 bits per heavy atom. The third kappa shape index (κ3) is 2.40. The minimum absolute atomic E-state index is 0.0805. The molecule has 2 aromatic rings. The smallest absolute Gasteiger partial charge is 0.379 e. The van der Waals surface area contributed by atoms with Gasteiger partial charge in [0, 0.05) is 4.47 Å². The summed E-state index contributed by atoms with van der Waals surface area (Å²) in [6.07, 6.45) is 0. The van der Waals surface area contributed by atoms with Gasteiger partial charge in [0.2, 0.25) is 0 Å². The molecule has 0 saturated carbocycles. The maximum atomic E-state index is 13.6. The normalized spacial score (nSPS) is 10.4. The highest BCUT2D eigenvalue weighted by Crippen LogP contribution is 2.29. The number of benzene rings is 1. The summed E-state index contributed by atoms with van der Waals surface area (Å²) in [7, 11) is 0. The van der Waals surface area contributed by atoms with Gasteiger partial charge in [-0.3, -0.25) is 0 Å². The molecule has 1 heterocycles. The van der Waals surface area contributed by atoms with Crippen molar-refractivity contribution < 1.29 is 18.4 Å². The highest BCUT2D eigenvalue weighted by atomic mass is 79.9. The van der Waals surface area contributed by atoms with Gasteiger partial charge in [-0.2, -0.15) is 4.98 Å². The number of ether oxygens (including phenoxy) is 1. The first-order valence-electron chi connectivity index (χ1n) is 5.08. The Hall–Kier alpha value is -1.76. The van der Waals surface area contributed by atoms with Crippen molar-refractivity contribution in [3.8, 4) is 11.5 Å². The van der Waals surface area contributed by atoms with Crippen LogP contribution in [0.3, 0.4) is 0 Å². The van der Waals surface area contributed by atoms with Gasteiger partial charge in [-0.25, -0.2) is 9.18 Å². The van der Waals surface area contributed by atoms with Crippen molar-refractivity contribution in [3.05, 3.63) is 34.3 Å². The molecular formula is C11H8BrFN2O3. The van der Waals surface area contributed by atoms with E-state index in [1.807, 2.05) is 0 Å². The minimum atomic E-state index is -0.708. The second kappa shape index (κ2) is 5.26. The minimum Gasteiger partial charge on any atom is -0.460 e. The number of hydrogen-bond donors (Lipinski definition) is 0. The van der Waals surface area contributed by atoms with Gasteiger partial charge in [0.25, 0.3) is 11.7 Å². The van der Waals surface area contributed by atoms with Gasteiger partial charge in [-0.1, -0.05) is 6.07 Å². The van der Waals surface area contributed by atoms with E-state index >= 15 is 0 Å². The van der Waals surface area contributed by atoms with Crippen molar-refractivity contribution in [1.82, 2.24) is 10.1 Å². The predicted molar refractivity (Wildman–Crippen MR) is 63.3 cm³/mol. The van der Waals surface area contributed by atoms with Crippen LogP contribution >= 0.6 is 15.9 Å². The summed E-state index contributed by atoms with van der Waals surface area (Å²) in [6.45, 7) is 1.86. The number of nitrogens with zero attached hydrogens (tertiary/aromatic N) is 2. The number of carbonyl (C=O) groups excluding carboxylic acids is 1. The first-order valence-corrected chi connectivity index (χ1v) is 5.88. The van der Waals surface area contributed by atoms with Crippen LogP contribution in [0.4, 0.5) is 4.39 Å². The van der Waals surface area contributed by atoms with Crippen molar-refractivity contribution in [2.75, 3.05) is 6.61 Å². The van der Waals surface area contributed by atoms with Gasteiger partial charge in [-0.15, -0.1) is 0 Å². The van der Waals surface area contributed by atoms with Crippen LogP contribution in [0.1, 0.15) is 17.5 Å². The summed E-state index contributed by atoms with van der Waals surface area (Å²) in [5.74, 6) is -1.55. The number of esters is 1. The quantitative estimate of drug-likeness (QED) is 0.815. The van der Waals surface area contributed by atoms with Gasteiger partial charge in [0.1, 0.15) is 5.82 Å². The molecule has 0 aliphatic carbocycles. The number of rotatable bonds is 3. The van der Waals surface area contributed by atoms with Crippen LogP contribution in [-0.2, 0) is 4.74 Å². The Kier molecular flexibility index (Phi) is 3.71. The average molecular weight is 315 g/mol. The van der Waals surface area contributed by atoms with Crippen LogP contribution in [0.2, 0.25) is 0 Å². The predicted octanol–water partition coefficient (Wildman–Crippen LogP) is 2.81. The second-order valence-corrected chi connectivity index (χ2v) is 4.09. The zero-order chi connectivity index (χ0) is 13.1. The van der Waals surface area contributed by atoms with E-state index in [2.05, 4.69) is 26.1 Å². The lowest BCUT2D eigenvalue weighted by Crippen LogP contribution is -2.06. The molecule has 94 valence electrons. The molecule has 0 aliphatic heterocycles. The largest absolute Gasteiger partial charge is 0.460 e. The van der Waals surface area contributed by atoms with E-state index in [4.69, 9.17) is 9.26 Å². The van der Waals surface area contributed by atoms with E-state index in [1.54, 1.807) is 13.0 Å².